The summed E-state index contributed by atoms with van der Waals surface area (Å²) in [4.78, 5) is 17.8. The Hall–Kier alpha value is -0.980. The van der Waals surface area contributed by atoms with Crippen LogP contribution >= 0.6 is 11.3 Å². The van der Waals surface area contributed by atoms with Crippen LogP contribution in [0.25, 0.3) is 0 Å². The number of rotatable bonds is 5. The number of anilines is 1. The predicted octanol–water partition coefficient (Wildman–Crippen LogP) is 1.53. The molecule has 2 heterocycles. The van der Waals surface area contributed by atoms with Gasteiger partial charge in [0, 0.05) is 18.8 Å². The molecule has 2 N–H and O–H groups in total. The van der Waals surface area contributed by atoms with Gasteiger partial charge in [-0.25, -0.2) is 4.98 Å². The van der Waals surface area contributed by atoms with Gasteiger partial charge in [-0.1, -0.05) is 0 Å². The van der Waals surface area contributed by atoms with Gasteiger partial charge in [-0.3, -0.25) is 9.69 Å². The minimum Gasteiger partial charge on any atom is -0.319 e. The smallest absolute Gasteiger partial charge is 0.223 e. The molecule has 1 aliphatic rings. The molecule has 1 amide bonds. The topological polar surface area (TPSA) is 57.3 Å². The molecule has 0 atom stereocenters. The molecule has 19 heavy (non-hydrogen) atoms. The molecule has 0 aromatic carbocycles. The number of hydrogen-bond acceptors (Lipinski definition) is 5. The molecule has 106 valence electrons. The Labute approximate surface area is 118 Å². The maximum absolute atomic E-state index is 10.9. The standard InChI is InChI=1S/C13H22N4OS/c1-10(18)15-13-16-12(9-19-13)8-17-5-3-11(4-6-17)7-14-2/h9,11,14H,3-8H2,1-2H3,(H,15,16,18). The molecular formula is C13H22N4OS. The molecule has 0 radical (unpaired) electrons. The molecule has 0 unspecified atom stereocenters. The van der Waals surface area contributed by atoms with Crippen molar-refractivity contribution in [1.29, 1.82) is 0 Å². The summed E-state index contributed by atoms with van der Waals surface area (Å²) in [5.41, 5.74) is 1.06. The summed E-state index contributed by atoms with van der Waals surface area (Å²) in [6, 6.07) is 0. The van der Waals surface area contributed by atoms with E-state index in [1.807, 2.05) is 12.4 Å². The van der Waals surface area contributed by atoms with Gasteiger partial charge in [-0.15, -0.1) is 11.3 Å². The normalized spacial score (nSPS) is 17.6. The summed E-state index contributed by atoms with van der Waals surface area (Å²) >= 11 is 1.50. The number of likely N-dealkylation sites (tertiary alicyclic amines) is 1. The lowest BCUT2D eigenvalue weighted by Gasteiger charge is -2.31. The first-order chi connectivity index (χ1) is 9.17. The lowest BCUT2D eigenvalue weighted by Crippen LogP contribution is -2.36. The third-order valence-corrected chi connectivity index (χ3v) is 4.23. The van der Waals surface area contributed by atoms with Gasteiger partial charge in [0.05, 0.1) is 5.69 Å². The second-order valence-corrected chi connectivity index (χ2v) is 5.96. The highest BCUT2D eigenvalue weighted by Crippen LogP contribution is 2.20. The second kappa shape index (κ2) is 6.98. The quantitative estimate of drug-likeness (QED) is 0.860. The van der Waals surface area contributed by atoms with Gasteiger partial charge >= 0.3 is 0 Å². The first-order valence-electron chi connectivity index (χ1n) is 6.76. The number of thiazole rings is 1. The maximum atomic E-state index is 10.9. The molecule has 0 aliphatic carbocycles. The number of hydrogen-bond donors (Lipinski definition) is 2. The van der Waals surface area contributed by atoms with Crippen molar-refractivity contribution in [2.45, 2.75) is 26.3 Å². The van der Waals surface area contributed by atoms with Crippen molar-refractivity contribution in [3.8, 4) is 0 Å². The zero-order valence-corrected chi connectivity index (χ0v) is 12.4. The van der Waals surface area contributed by atoms with Crippen LogP contribution in [0.1, 0.15) is 25.5 Å². The summed E-state index contributed by atoms with van der Waals surface area (Å²) < 4.78 is 0. The highest BCUT2D eigenvalue weighted by atomic mass is 32.1. The Morgan fingerprint density at radius 1 is 1.53 bits per heavy atom. The van der Waals surface area contributed by atoms with E-state index in [9.17, 15) is 4.79 Å². The van der Waals surface area contributed by atoms with Crippen molar-refractivity contribution < 1.29 is 4.79 Å². The van der Waals surface area contributed by atoms with E-state index in [1.54, 1.807) is 0 Å². The van der Waals surface area contributed by atoms with Crippen LogP contribution in [-0.2, 0) is 11.3 Å². The van der Waals surface area contributed by atoms with Gasteiger partial charge < -0.3 is 10.6 Å². The molecule has 1 aromatic heterocycles. The molecule has 1 saturated heterocycles. The molecule has 1 fully saturated rings. The van der Waals surface area contributed by atoms with Crippen LogP contribution in [0, 0.1) is 5.92 Å². The van der Waals surface area contributed by atoms with Crippen molar-refractivity contribution in [3.63, 3.8) is 0 Å². The van der Waals surface area contributed by atoms with Crippen LogP contribution < -0.4 is 10.6 Å². The molecular weight excluding hydrogens is 260 g/mol. The molecule has 6 heteroatoms. The summed E-state index contributed by atoms with van der Waals surface area (Å²) in [7, 11) is 2.02. The fraction of sp³-hybridized carbons (Fsp3) is 0.692. The Morgan fingerprint density at radius 2 is 2.26 bits per heavy atom. The summed E-state index contributed by atoms with van der Waals surface area (Å²) in [6.07, 6.45) is 2.51. The minimum absolute atomic E-state index is 0.0613. The zero-order chi connectivity index (χ0) is 13.7. The molecule has 0 spiro atoms. The van der Waals surface area contributed by atoms with Crippen LogP contribution in [0.2, 0.25) is 0 Å². The molecule has 5 nitrogen and oxygen atoms in total. The number of nitrogens with zero attached hydrogens (tertiary/aromatic N) is 2. The highest BCUT2D eigenvalue weighted by molar-refractivity contribution is 7.13. The number of aromatic nitrogens is 1. The lowest BCUT2D eigenvalue weighted by atomic mass is 9.97. The first-order valence-corrected chi connectivity index (χ1v) is 7.64. The average molecular weight is 282 g/mol. The summed E-state index contributed by atoms with van der Waals surface area (Å²) in [6.45, 7) is 5.80. The number of carbonyl (C=O) groups is 1. The number of amides is 1. The number of piperidine rings is 1. The summed E-state index contributed by atoms with van der Waals surface area (Å²) in [5, 5.41) is 8.72. The number of nitrogens with one attached hydrogen (secondary N) is 2. The third kappa shape index (κ3) is 4.56. The zero-order valence-electron chi connectivity index (χ0n) is 11.6. The molecule has 0 bridgehead atoms. The second-order valence-electron chi connectivity index (χ2n) is 5.10. The van der Waals surface area contributed by atoms with Crippen LogP contribution in [0.5, 0.6) is 0 Å². The van der Waals surface area contributed by atoms with E-state index in [0.717, 1.165) is 37.8 Å². The van der Waals surface area contributed by atoms with Crippen molar-refractivity contribution in [2.24, 2.45) is 5.92 Å². The lowest BCUT2D eigenvalue weighted by molar-refractivity contribution is -0.114. The van der Waals surface area contributed by atoms with E-state index in [0.29, 0.717) is 5.13 Å². The predicted molar refractivity (Wildman–Crippen MR) is 78.3 cm³/mol. The average Bonchev–Trinajstić information content (AvgIpc) is 2.78. The van der Waals surface area contributed by atoms with E-state index in [1.165, 1.54) is 31.1 Å². The fourth-order valence-corrected chi connectivity index (χ4v) is 3.20. The van der Waals surface area contributed by atoms with Crippen molar-refractivity contribution >= 4 is 22.4 Å². The largest absolute Gasteiger partial charge is 0.319 e. The van der Waals surface area contributed by atoms with Crippen LogP contribution in [0.4, 0.5) is 5.13 Å². The SMILES string of the molecule is CNCC1CCN(Cc2csc(NC(C)=O)n2)CC1. The van der Waals surface area contributed by atoms with E-state index in [2.05, 4.69) is 20.5 Å². The van der Waals surface area contributed by atoms with Gasteiger partial charge in [0.2, 0.25) is 5.91 Å². The van der Waals surface area contributed by atoms with Crippen LogP contribution in [0.15, 0.2) is 5.38 Å². The van der Waals surface area contributed by atoms with Crippen LogP contribution in [-0.4, -0.2) is 42.5 Å². The van der Waals surface area contributed by atoms with E-state index in [4.69, 9.17) is 0 Å². The Morgan fingerprint density at radius 3 is 2.89 bits per heavy atom. The first kappa shape index (κ1) is 14.4. The van der Waals surface area contributed by atoms with Gasteiger partial charge in [0.15, 0.2) is 5.13 Å². The highest BCUT2D eigenvalue weighted by Gasteiger charge is 2.19. The van der Waals surface area contributed by atoms with Crippen molar-refractivity contribution in [1.82, 2.24) is 15.2 Å². The van der Waals surface area contributed by atoms with Crippen molar-refractivity contribution in [2.75, 3.05) is 32.0 Å². The van der Waals surface area contributed by atoms with Gasteiger partial charge in [0.1, 0.15) is 0 Å². The van der Waals surface area contributed by atoms with Gasteiger partial charge in [-0.05, 0) is 45.4 Å². The third-order valence-electron chi connectivity index (χ3n) is 3.42. The Balaban J connectivity index is 1.79. The molecule has 1 aliphatic heterocycles. The molecule has 0 saturated carbocycles. The maximum Gasteiger partial charge on any atom is 0.223 e. The van der Waals surface area contributed by atoms with Gasteiger partial charge in [0.25, 0.3) is 0 Å². The number of carbonyl (C=O) groups excluding carboxylic acids is 1. The monoisotopic (exact) mass is 282 g/mol. The summed E-state index contributed by atoms with van der Waals surface area (Å²) in [5.74, 6) is 0.750. The van der Waals surface area contributed by atoms with Crippen LogP contribution in [0.3, 0.4) is 0 Å². The van der Waals surface area contributed by atoms with Gasteiger partial charge in [-0.2, -0.15) is 0 Å². The van der Waals surface area contributed by atoms with E-state index in [-0.39, 0.29) is 5.91 Å². The van der Waals surface area contributed by atoms with E-state index >= 15 is 0 Å². The Kier molecular flexibility index (Phi) is 5.30. The molecule has 1 aromatic rings. The fourth-order valence-electron chi connectivity index (χ4n) is 2.45. The Bertz CT molecular complexity index is 413. The van der Waals surface area contributed by atoms with Crippen molar-refractivity contribution in [3.05, 3.63) is 11.1 Å². The van der Waals surface area contributed by atoms with E-state index < -0.39 is 0 Å². The molecule has 2 rings (SSSR count). The minimum atomic E-state index is -0.0613.